The highest BCUT2D eigenvalue weighted by Gasteiger charge is 2.50. The molecule has 6 nitrogen and oxygen atoms in total. The summed E-state index contributed by atoms with van der Waals surface area (Å²) in [5, 5.41) is 11.4. The van der Waals surface area contributed by atoms with Crippen LogP contribution in [0.25, 0.3) is 0 Å². The molecule has 2 aliphatic rings. The lowest BCUT2D eigenvalue weighted by atomic mass is 9.70. The van der Waals surface area contributed by atoms with Crippen molar-refractivity contribution < 1.29 is 24.1 Å². The monoisotopic (exact) mass is 453 g/mol. The van der Waals surface area contributed by atoms with Crippen LogP contribution >= 0.6 is 0 Å². The van der Waals surface area contributed by atoms with Crippen LogP contribution in [-0.2, 0) is 11.2 Å². The molecule has 6 heteroatoms. The number of amides is 1. The van der Waals surface area contributed by atoms with Gasteiger partial charge in [-0.3, -0.25) is 0 Å². The Balaban J connectivity index is 1.65. The van der Waals surface area contributed by atoms with Gasteiger partial charge in [0.15, 0.2) is 11.5 Å². The van der Waals surface area contributed by atoms with E-state index in [0.717, 1.165) is 29.7 Å². The number of hydrogen-bond donors (Lipinski definition) is 1. The largest absolute Gasteiger partial charge is 0.493 e. The van der Waals surface area contributed by atoms with Gasteiger partial charge in [0.1, 0.15) is 0 Å². The summed E-state index contributed by atoms with van der Waals surface area (Å²) in [7, 11) is 3.05. The number of aliphatic hydroxyl groups excluding tert-OH is 1. The summed E-state index contributed by atoms with van der Waals surface area (Å²) in [6.07, 6.45) is 4.21. The molecule has 0 bridgehead atoms. The minimum absolute atomic E-state index is 0.0767. The van der Waals surface area contributed by atoms with Gasteiger partial charge < -0.3 is 24.2 Å². The third-order valence-electron chi connectivity index (χ3n) is 7.38. The first kappa shape index (κ1) is 23.4. The van der Waals surface area contributed by atoms with Crippen LogP contribution in [0.1, 0.15) is 49.7 Å². The molecule has 2 fully saturated rings. The van der Waals surface area contributed by atoms with E-state index in [-0.39, 0.29) is 18.1 Å². The third kappa shape index (κ3) is 4.96. The van der Waals surface area contributed by atoms with Gasteiger partial charge in [0.2, 0.25) is 0 Å². The number of carbonyl (C=O) groups is 1. The fourth-order valence-corrected chi connectivity index (χ4v) is 5.37. The molecule has 178 valence electrons. The van der Waals surface area contributed by atoms with Crippen LogP contribution in [0.5, 0.6) is 11.5 Å². The van der Waals surface area contributed by atoms with E-state index >= 15 is 0 Å². The normalized spacial score (nSPS) is 24.0. The molecule has 1 saturated carbocycles. The van der Waals surface area contributed by atoms with Gasteiger partial charge in [-0.05, 0) is 55.4 Å². The van der Waals surface area contributed by atoms with Gasteiger partial charge in [-0.2, -0.15) is 0 Å². The van der Waals surface area contributed by atoms with Gasteiger partial charge in [0.25, 0.3) is 0 Å². The van der Waals surface area contributed by atoms with E-state index in [1.807, 2.05) is 48.5 Å². The average Bonchev–Trinajstić information content (AvgIpc) is 3.47. The molecule has 1 aliphatic carbocycles. The molecule has 1 aliphatic heterocycles. The van der Waals surface area contributed by atoms with Crippen LogP contribution in [0.3, 0.4) is 0 Å². The first-order chi connectivity index (χ1) is 15.9. The van der Waals surface area contributed by atoms with E-state index in [0.29, 0.717) is 25.3 Å². The maximum Gasteiger partial charge on any atom is 0.409 e. The number of likely N-dealkylation sites (tertiary alicyclic amines) is 1. The number of rotatable bonds is 7. The lowest BCUT2D eigenvalue weighted by Gasteiger charge is -2.36. The molecule has 1 N–H and O–H groups in total. The minimum atomic E-state index is -0.638. The maximum atomic E-state index is 12.4. The Hall–Kier alpha value is -2.73. The molecule has 1 amide bonds. The average molecular weight is 454 g/mol. The van der Waals surface area contributed by atoms with Gasteiger partial charge in [-0.1, -0.05) is 43.3 Å². The molecule has 3 atom stereocenters. The van der Waals surface area contributed by atoms with Crippen LogP contribution in [0.15, 0.2) is 48.5 Å². The summed E-state index contributed by atoms with van der Waals surface area (Å²) in [5.74, 6) is 1.37. The van der Waals surface area contributed by atoms with Gasteiger partial charge in [0.05, 0.1) is 26.4 Å². The molecule has 1 heterocycles. The van der Waals surface area contributed by atoms with E-state index in [1.54, 1.807) is 12.0 Å². The maximum absolute atomic E-state index is 12.4. The lowest BCUT2D eigenvalue weighted by molar-refractivity contribution is 0.0330. The number of carbonyl (C=O) groups excluding carboxylic acids is 1. The predicted octanol–water partition coefficient (Wildman–Crippen LogP) is 4.79. The summed E-state index contributed by atoms with van der Waals surface area (Å²) < 4.78 is 16.9. The molecule has 2 aromatic carbocycles. The summed E-state index contributed by atoms with van der Waals surface area (Å²) in [6, 6.07) is 16.0. The zero-order valence-electron chi connectivity index (χ0n) is 19.8. The Bertz CT molecular complexity index is 943. The molecular weight excluding hydrogens is 418 g/mol. The summed E-state index contributed by atoms with van der Waals surface area (Å²) in [5.41, 5.74) is 1.55. The van der Waals surface area contributed by atoms with Crippen LogP contribution in [0, 0.1) is 5.41 Å². The number of nitrogens with zero attached hydrogens (tertiary/aromatic N) is 1. The molecule has 4 rings (SSSR count). The van der Waals surface area contributed by atoms with Crippen molar-refractivity contribution >= 4 is 6.09 Å². The predicted molar refractivity (Wildman–Crippen MR) is 127 cm³/mol. The standard InChI is InChI=1S/C27H35NO5/c1-27(25(29)15-19-9-5-4-6-10-19)18-28(26(30)32-3)17-22(27)20-13-14-23(31-2)24(16-20)33-21-11-7-8-12-21/h4-6,9-10,13-14,16,21-22,25,29H,7-8,11-12,15,17-18H2,1-3H3/t22-,25-,27-/m1/s1. The van der Waals surface area contributed by atoms with E-state index in [2.05, 4.69) is 6.92 Å². The number of hydrogen-bond acceptors (Lipinski definition) is 5. The van der Waals surface area contributed by atoms with Crippen molar-refractivity contribution in [3.8, 4) is 11.5 Å². The first-order valence-corrected chi connectivity index (χ1v) is 11.8. The number of benzene rings is 2. The molecule has 0 spiro atoms. The molecule has 0 unspecified atom stereocenters. The van der Waals surface area contributed by atoms with E-state index in [1.165, 1.54) is 20.0 Å². The second-order valence-corrected chi connectivity index (χ2v) is 9.55. The number of ether oxygens (including phenoxy) is 3. The molecule has 1 saturated heterocycles. The summed E-state index contributed by atoms with van der Waals surface area (Å²) in [6.45, 7) is 2.96. The molecule has 0 radical (unpaired) electrons. The zero-order chi connectivity index (χ0) is 23.4. The SMILES string of the molecule is COC(=O)N1C[C@H](c2ccc(OC)c(OC3CCCC3)c2)[C@](C)([C@H](O)Cc2ccccc2)C1. The van der Waals surface area contributed by atoms with Crippen LogP contribution in [0.2, 0.25) is 0 Å². The van der Waals surface area contributed by atoms with Gasteiger partial charge >= 0.3 is 6.09 Å². The van der Waals surface area contributed by atoms with Gasteiger partial charge in [-0.15, -0.1) is 0 Å². The number of methoxy groups -OCH3 is 2. The topological polar surface area (TPSA) is 68.2 Å². The van der Waals surface area contributed by atoms with Crippen molar-refractivity contribution in [2.75, 3.05) is 27.3 Å². The fourth-order valence-electron chi connectivity index (χ4n) is 5.37. The van der Waals surface area contributed by atoms with Crippen molar-refractivity contribution in [1.82, 2.24) is 4.90 Å². The third-order valence-corrected chi connectivity index (χ3v) is 7.38. The van der Waals surface area contributed by atoms with E-state index < -0.39 is 11.5 Å². The smallest absolute Gasteiger partial charge is 0.409 e. The van der Waals surface area contributed by atoms with E-state index in [4.69, 9.17) is 14.2 Å². The second-order valence-electron chi connectivity index (χ2n) is 9.55. The quantitative estimate of drug-likeness (QED) is 0.653. The highest BCUT2D eigenvalue weighted by molar-refractivity contribution is 5.68. The first-order valence-electron chi connectivity index (χ1n) is 11.8. The lowest BCUT2D eigenvalue weighted by Crippen LogP contribution is -2.41. The van der Waals surface area contributed by atoms with Gasteiger partial charge in [0, 0.05) is 24.4 Å². The van der Waals surface area contributed by atoms with Crippen molar-refractivity contribution in [3.63, 3.8) is 0 Å². The molecular formula is C27H35NO5. The van der Waals surface area contributed by atoms with Crippen LogP contribution in [0.4, 0.5) is 4.79 Å². The van der Waals surface area contributed by atoms with E-state index in [9.17, 15) is 9.90 Å². The Morgan fingerprint density at radius 3 is 2.52 bits per heavy atom. The highest BCUT2D eigenvalue weighted by Crippen LogP contribution is 2.48. The van der Waals surface area contributed by atoms with Crippen molar-refractivity contribution in [1.29, 1.82) is 0 Å². The summed E-state index contributed by atoms with van der Waals surface area (Å²) in [4.78, 5) is 14.1. The highest BCUT2D eigenvalue weighted by atomic mass is 16.5. The Kier molecular flexibility index (Phi) is 7.13. The zero-order valence-corrected chi connectivity index (χ0v) is 19.8. The Morgan fingerprint density at radius 1 is 1.12 bits per heavy atom. The fraction of sp³-hybridized carbons (Fsp3) is 0.519. The summed E-state index contributed by atoms with van der Waals surface area (Å²) >= 11 is 0. The Labute approximate surface area is 196 Å². The van der Waals surface area contributed by atoms with Crippen LogP contribution < -0.4 is 9.47 Å². The Morgan fingerprint density at radius 2 is 1.85 bits per heavy atom. The molecule has 33 heavy (non-hydrogen) atoms. The number of aliphatic hydroxyl groups is 1. The van der Waals surface area contributed by atoms with Crippen LogP contribution in [-0.4, -0.2) is 55.6 Å². The van der Waals surface area contributed by atoms with Crippen molar-refractivity contribution in [2.45, 2.75) is 57.2 Å². The second kappa shape index (κ2) is 10.0. The molecule has 2 aromatic rings. The van der Waals surface area contributed by atoms with Gasteiger partial charge in [-0.25, -0.2) is 4.79 Å². The van der Waals surface area contributed by atoms with Crippen molar-refractivity contribution in [2.24, 2.45) is 5.41 Å². The van der Waals surface area contributed by atoms with Crippen molar-refractivity contribution in [3.05, 3.63) is 59.7 Å². The minimum Gasteiger partial charge on any atom is -0.493 e. The molecule has 0 aromatic heterocycles.